The molecular formula is C8H11BrO2. The molecule has 2 nitrogen and oxygen atoms in total. The van der Waals surface area contributed by atoms with Gasteiger partial charge in [0.1, 0.15) is 6.61 Å². The van der Waals surface area contributed by atoms with Crippen molar-refractivity contribution in [1.29, 1.82) is 0 Å². The minimum atomic E-state index is -0.600. The molecule has 1 rings (SSSR count). The maximum atomic E-state index is 5.37. The Hall–Kier alpha value is -0.0400. The summed E-state index contributed by atoms with van der Waals surface area (Å²) in [5.41, 5.74) is 0. The van der Waals surface area contributed by atoms with Gasteiger partial charge in [0.25, 0.3) is 0 Å². The van der Waals surface area contributed by atoms with Crippen LogP contribution in [0.5, 0.6) is 0 Å². The largest absolute Gasteiger partial charge is 0.341 e. The first-order chi connectivity index (χ1) is 5.27. The highest BCUT2D eigenvalue weighted by Crippen LogP contribution is 2.31. The standard InChI is InChI=1S/C8H11BrO2/c1-2-6-10-8(9)5-3-4-7-11-8/h1H,3-7H2. The first kappa shape index (κ1) is 9.05. The predicted molar refractivity (Wildman–Crippen MR) is 46.2 cm³/mol. The fraction of sp³-hybridized carbons (Fsp3) is 0.750. The lowest BCUT2D eigenvalue weighted by molar-refractivity contribution is -0.177. The molecule has 0 aromatic carbocycles. The Bertz CT molecular complexity index is 156. The number of rotatable bonds is 2. The summed E-state index contributed by atoms with van der Waals surface area (Å²) in [6.45, 7) is 1.04. The highest BCUT2D eigenvalue weighted by atomic mass is 79.9. The minimum absolute atomic E-state index is 0.297. The summed E-state index contributed by atoms with van der Waals surface area (Å²) in [6.07, 6.45) is 8.15. The SMILES string of the molecule is C#CCOC1(Br)CCCCO1. The summed E-state index contributed by atoms with van der Waals surface area (Å²) in [6, 6.07) is 0. The van der Waals surface area contributed by atoms with Gasteiger partial charge in [0.2, 0.25) is 4.70 Å². The highest BCUT2D eigenvalue weighted by Gasteiger charge is 2.30. The molecule has 1 saturated heterocycles. The Morgan fingerprint density at radius 3 is 3.00 bits per heavy atom. The van der Waals surface area contributed by atoms with Crippen LogP contribution < -0.4 is 0 Å². The average molecular weight is 219 g/mol. The van der Waals surface area contributed by atoms with Crippen LogP contribution in [-0.4, -0.2) is 17.9 Å². The van der Waals surface area contributed by atoms with Gasteiger partial charge in [-0.3, -0.25) is 0 Å². The lowest BCUT2D eigenvalue weighted by Crippen LogP contribution is -2.32. The molecule has 0 aromatic heterocycles. The van der Waals surface area contributed by atoms with Gasteiger partial charge in [-0.2, -0.15) is 0 Å². The van der Waals surface area contributed by atoms with E-state index in [2.05, 4.69) is 21.9 Å². The van der Waals surface area contributed by atoms with Crippen molar-refractivity contribution in [3.8, 4) is 12.3 Å². The first-order valence-corrected chi connectivity index (χ1v) is 4.46. The van der Waals surface area contributed by atoms with E-state index < -0.39 is 4.70 Å². The summed E-state index contributed by atoms with van der Waals surface area (Å²) in [5, 5.41) is 0. The second-order valence-electron chi connectivity index (χ2n) is 2.46. The molecular weight excluding hydrogens is 208 g/mol. The average Bonchev–Trinajstić information content (AvgIpc) is 2.03. The van der Waals surface area contributed by atoms with E-state index in [-0.39, 0.29) is 0 Å². The van der Waals surface area contributed by atoms with Crippen LogP contribution in [0.1, 0.15) is 19.3 Å². The summed E-state index contributed by atoms with van der Waals surface area (Å²) >= 11 is 3.36. The number of hydrogen-bond acceptors (Lipinski definition) is 2. The Morgan fingerprint density at radius 1 is 1.64 bits per heavy atom. The molecule has 0 amide bonds. The third kappa shape index (κ3) is 2.82. The number of terminal acetylenes is 1. The van der Waals surface area contributed by atoms with Crippen molar-refractivity contribution < 1.29 is 9.47 Å². The van der Waals surface area contributed by atoms with Gasteiger partial charge in [-0.15, -0.1) is 6.42 Å². The zero-order valence-electron chi connectivity index (χ0n) is 6.31. The van der Waals surface area contributed by atoms with Crippen molar-refractivity contribution in [2.45, 2.75) is 24.0 Å². The fourth-order valence-electron chi connectivity index (χ4n) is 0.998. The molecule has 3 heteroatoms. The third-order valence-corrected chi connectivity index (χ3v) is 2.41. The molecule has 0 bridgehead atoms. The predicted octanol–water partition coefficient (Wildman–Crippen LogP) is 1.89. The van der Waals surface area contributed by atoms with Gasteiger partial charge >= 0.3 is 0 Å². The van der Waals surface area contributed by atoms with Crippen molar-refractivity contribution in [3.63, 3.8) is 0 Å². The Kier molecular flexibility index (Phi) is 3.38. The summed E-state index contributed by atoms with van der Waals surface area (Å²) in [5.74, 6) is 2.41. The van der Waals surface area contributed by atoms with Gasteiger partial charge in [0, 0.05) is 6.42 Å². The van der Waals surface area contributed by atoms with Gasteiger partial charge in [-0.1, -0.05) is 5.92 Å². The molecule has 0 spiro atoms. The van der Waals surface area contributed by atoms with Crippen LogP contribution in [-0.2, 0) is 9.47 Å². The van der Waals surface area contributed by atoms with Crippen molar-refractivity contribution in [1.82, 2.24) is 0 Å². The van der Waals surface area contributed by atoms with E-state index in [0.29, 0.717) is 6.61 Å². The molecule has 1 aliphatic heterocycles. The number of alkyl halides is 1. The van der Waals surface area contributed by atoms with E-state index in [4.69, 9.17) is 15.9 Å². The summed E-state index contributed by atoms with van der Waals surface area (Å²) in [4.78, 5) is 0. The van der Waals surface area contributed by atoms with Crippen LogP contribution in [0, 0.1) is 12.3 Å². The minimum Gasteiger partial charge on any atom is -0.341 e. The van der Waals surface area contributed by atoms with Gasteiger partial charge in [-0.05, 0) is 28.8 Å². The van der Waals surface area contributed by atoms with Crippen molar-refractivity contribution >= 4 is 15.9 Å². The van der Waals surface area contributed by atoms with E-state index in [1.54, 1.807) is 0 Å². The normalized spacial score (nSPS) is 31.3. The maximum absolute atomic E-state index is 5.37. The smallest absolute Gasteiger partial charge is 0.227 e. The summed E-state index contributed by atoms with van der Waals surface area (Å²) < 4.78 is 10.0. The molecule has 0 saturated carbocycles. The van der Waals surface area contributed by atoms with Gasteiger partial charge in [0.15, 0.2) is 0 Å². The molecule has 1 atom stereocenters. The molecule has 1 heterocycles. The van der Waals surface area contributed by atoms with Crippen molar-refractivity contribution in [3.05, 3.63) is 0 Å². The first-order valence-electron chi connectivity index (χ1n) is 3.67. The zero-order valence-corrected chi connectivity index (χ0v) is 7.89. The second-order valence-corrected chi connectivity index (χ2v) is 3.67. The van der Waals surface area contributed by atoms with Crippen LogP contribution in [0.4, 0.5) is 0 Å². The van der Waals surface area contributed by atoms with E-state index in [9.17, 15) is 0 Å². The number of halogens is 1. The number of hydrogen-bond donors (Lipinski definition) is 0. The van der Waals surface area contributed by atoms with Gasteiger partial charge in [0.05, 0.1) is 6.61 Å². The van der Waals surface area contributed by atoms with Gasteiger partial charge in [-0.25, -0.2) is 0 Å². The Balaban J connectivity index is 2.32. The van der Waals surface area contributed by atoms with Crippen LogP contribution in [0.3, 0.4) is 0 Å². The van der Waals surface area contributed by atoms with Crippen LogP contribution in [0.25, 0.3) is 0 Å². The monoisotopic (exact) mass is 218 g/mol. The molecule has 1 fully saturated rings. The van der Waals surface area contributed by atoms with E-state index in [1.165, 1.54) is 0 Å². The summed E-state index contributed by atoms with van der Waals surface area (Å²) in [7, 11) is 0. The van der Waals surface area contributed by atoms with Crippen molar-refractivity contribution in [2.75, 3.05) is 13.2 Å². The van der Waals surface area contributed by atoms with E-state index >= 15 is 0 Å². The van der Waals surface area contributed by atoms with E-state index in [0.717, 1.165) is 25.9 Å². The molecule has 11 heavy (non-hydrogen) atoms. The highest BCUT2D eigenvalue weighted by molar-refractivity contribution is 9.10. The topological polar surface area (TPSA) is 18.5 Å². The molecule has 0 radical (unpaired) electrons. The van der Waals surface area contributed by atoms with Crippen LogP contribution in [0.2, 0.25) is 0 Å². The lowest BCUT2D eigenvalue weighted by Gasteiger charge is -2.30. The quantitative estimate of drug-likeness (QED) is 0.521. The zero-order chi connectivity index (χ0) is 8.16. The Labute approximate surface area is 75.4 Å². The number of ether oxygens (including phenoxy) is 2. The lowest BCUT2D eigenvalue weighted by atomic mass is 10.2. The van der Waals surface area contributed by atoms with E-state index in [1.807, 2.05) is 0 Å². The maximum Gasteiger partial charge on any atom is 0.227 e. The molecule has 0 N–H and O–H groups in total. The molecule has 1 unspecified atom stereocenters. The molecule has 0 aliphatic carbocycles. The van der Waals surface area contributed by atoms with Crippen LogP contribution >= 0.6 is 15.9 Å². The third-order valence-electron chi connectivity index (χ3n) is 1.56. The Morgan fingerprint density at radius 2 is 2.45 bits per heavy atom. The van der Waals surface area contributed by atoms with Gasteiger partial charge < -0.3 is 9.47 Å². The fourth-order valence-corrected chi connectivity index (χ4v) is 1.55. The second kappa shape index (κ2) is 4.10. The molecule has 62 valence electrons. The van der Waals surface area contributed by atoms with Crippen molar-refractivity contribution in [2.24, 2.45) is 0 Å². The molecule has 0 aromatic rings. The van der Waals surface area contributed by atoms with Crippen LogP contribution in [0.15, 0.2) is 0 Å². The molecule has 1 aliphatic rings.